The van der Waals surface area contributed by atoms with Gasteiger partial charge in [-0.3, -0.25) is 10.1 Å². The zero-order chi connectivity index (χ0) is 17.1. The number of nitro benzene ring substituents is 1. The summed E-state index contributed by atoms with van der Waals surface area (Å²) in [6, 6.07) is 11.2. The lowest BCUT2D eigenvalue weighted by Gasteiger charge is -1.98. The highest BCUT2D eigenvalue weighted by molar-refractivity contribution is 6.36. The molecule has 0 aliphatic heterocycles. The van der Waals surface area contributed by atoms with Gasteiger partial charge < -0.3 is 4.52 Å². The minimum absolute atomic E-state index is 0.0105. The molecule has 8 heteroatoms. The van der Waals surface area contributed by atoms with Crippen LogP contribution in [0.5, 0.6) is 0 Å². The molecule has 2 aromatic carbocycles. The number of non-ortho nitro benzene ring substituents is 1. The van der Waals surface area contributed by atoms with E-state index < -0.39 is 4.92 Å². The number of nitrogens with zero attached hydrogens (tertiary/aromatic N) is 3. The van der Waals surface area contributed by atoms with Gasteiger partial charge in [0.25, 0.3) is 11.6 Å². The van der Waals surface area contributed by atoms with E-state index in [0.29, 0.717) is 27.0 Å². The van der Waals surface area contributed by atoms with Gasteiger partial charge >= 0.3 is 0 Å². The maximum atomic E-state index is 10.8. The van der Waals surface area contributed by atoms with Crippen LogP contribution in [-0.4, -0.2) is 15.1 Å². The molecule has 0 aliphatic rings. The third-order valence-corrected chi connectivity index (χ3v) is 3.66. The SMILES string of the molecule is O=[N+]([O-])c1cccc(/C=C\c2nc(-c3ccc(Cl)cc3Cl)no2)c1. The summed E-state index contributed by atoms with van der Waals surface area (Å²) >= 11 is 12.0. The number of aromatic nitrogens is 2. The number of hydrogen-bond donors (Lipinski definition) is 0. The average Bonchev–Trinajstić information content (AvgIpc) is 3.02. The van der Waals surface area contributed by atoms with E-state index in [2.05, 4.69) is 10.1 Å². The molecule has 3 rings (SSSR count). The van der Waals surface area contributed by atoms with Crippen LogP contribution >= 0.6 is 23.2 Å². The summed E-state index contributed by atoms with van der Waals surface area (Å²) in [4.78, 5) is 14.5. The number of benzene rings is 2. The molecule has 0 saturated carbocycles. The maximum Gasteiger partial charge on any atom is 0.270 e. The molecule has 120 valence electrons. The monoisotopic (exact) mass is 361 g/mol. The van der Waals surface area contributed by atoms with Gasteiger partial charge in [-0.1, -0.05) is 40.5 Å². The summed E-state index contributed by atoms with van der Waals surface area (Å²) in [6.45, 7) is 0. The smallest absolute Gasteiger partial charge is 0.270 e. The normalized spacial score (nSPS) is 11.1. The van der Waals surface area contributed by atoms with E-state index in [4.69, 9.17) is 27.7 Å². The van der Waals surface area contributed by atoms with Crippen molar-refractivity contribution in [2.75, 3.05) is 0 Å². The van der Waals surface area contributed by atoms with Crippen molar-refractivity contribution < 1.29 is 9.45 Å². The Morgan fingerprint density at radius 3 is 2.71 bits per heavy atom. The van der Waals surface area contributed by atoms with E-state index in [-0.39, 0.29) is 11.6 Å². The van der Waals surface area contributed by atoms with Crippen molar-refractivity contribution in [3.63, 3.8) is 0 Å². The standard InChI is InChI=1S/C16H9Cl2N3O3/c17-11-5-6-13(14(18)9-11)16-19-15(24-20-16)7-4-10-2-1-3-12(8-10)21(22)23/h1-9H/b7-4-. The second-order valence-corrected chi connectivity index (χ2v) is 5.61. The van der Waals surface area contributed by atoms with Crippen molar-refractivity contribution in [2.24, 2.45) is 0 Å². The highest BCUT2D eigenvalue weighted by atomic mass is 35.5. The van der Waals surface area contributed by atoms with Crippen LogP contribution in [0.15, 0.2) is 47.0 Å². The third kappa shape index (κ3) is 3.61. The molecule has 24 heavy (non-hydrogen) atoms. The van der Waals surface area contributed by atoms with Gasteiger partial charge in [0.15, 0.2) is 0 Å². The Bertz CT molecular complexity index is 938. The van der Waals surface area contributed by atoms with Gasteiger partial charge in [-0.15, -0.1) is 0 Å². The lowest BCUT2D eigenvalue weighted by atomic mass is 10.2. The average molecular weight is 362 g/mol. The van der Waals surface area contributed by atoms with Crippen LogP contribution in [0.1, 0.15) is 11.5 Å². The Morgan fingerprint density at radius 1 is 1.12 bits per heavy atom. The van der Waals surface area contributed by atoms with E-state index in [9.17, 15) is 10.1 Å². The topological polar surface area (TPSA) is 82.1 Å². The minimum Gasteiger partial charge on any atom is -0.334 e. The molecule has 0 fully saturated rings. The summed E-state index contributed by atoms with van der Waals surface area (Å²) in [5, 5.41) is 15.6. The molecule has 6 nitrogen and oxygen atoms in total. The molecule has 0 bridgehead atoms. The van der Waals surface area contributed by atoms with Crippen molar-refractivity contribution in [2.45, 2.75) is 0 Å². The zero-order valence-corrected chi connectivity index (χ0v) is 13.5. The van der Waals surface area contributed by atoms with Crippen LogP contribution in [0.2, 0.25) is 10.0 Å². The van der Waals surface area contributed by atoms with Crippen LogP contribution in [0.4, 0.5) is 5.69 Å². The lowest BCUT2D eigenvalue weighted by Crippen LogP contribution is -1.87. The third-order valence-electron chi connectivity index (χ3n) is 3.11. The van der Waals surface area contributed by atoms with Gasteiger partial charge in [-0.25, -0.2) is 0 Å². The quantitative estimate of drug-likeness (QED) is 0.475. The fraction of sp³-hybridized carbons (Fsp3) is 0. The van der Waals surface area contributed by atoms with Crippen LogP contribution in [0.25, 0.3) is 23.5 Å². The molecular weight excluding hydrogens is 353 g/mol. The van der Waals surface area contributed by atoms with Crippen molar-refractivity contribution >= 4 is 41.0 Å². The summed E-state index contributed by atoms with van der Waals surface area (Å²) < 4.78 is 5.13. The first-order valence-corrected chi connectivity index (χ1v) is 7.50. The molecule has 0 radical (unpaired) electrons. The Labute approximate surface area is 146 Å². The first-order chi connectivity index (χ1) is 11.5. The van der Waals surface area contributed by atoms with Crippen molar-refractivity contribution in [3.8, 4) is 11.4 Å². The molecule has 1 heterocycles. The molecular formula is C16H9Cl2N3O3. The predicted octanol–water partition coefficient (Wildman–Crippen LogP) is 5.12. The lowest BCUT2D eigenvalue weighted by molar-refractivity contribution is -0.384. The largest absolute Gasteiger partial charge is 0.334 e. The van der Waals surface area contributed by atoms with E-state index in [1.54, 1.807) is 42.5 Å². The predicted molar refractivity (Wildman–Crippen MR) is 91.8 cm³/mol. The number of rotatable bonds is 4. The van der Waals surface area contributed by atoms with Gasteiger partial charge in [0.05, 0.1) is 9.95 Å². The first-order valence-electron chi connectivity index (χ1n) is 6.74. The van der Waals surface area contributed by atoms with E-state index >= 15 is 0 Å². The summed E-state index contributed by atoms with van der Waals surface area (Å²) in [5.41, 5.74) is 1.25. The highest BCUT2D eigenvalue weighted by Gasteiger charge is 2.11. The molecule has 0 spiro atoms. The number of halogens is 2. The molecule has 3 aromatic rings. The van der Waals surface area contributed by atoms with Crippen LogP contribution in [-0.2, 0) is 0 Å². The summed E-state index contributed by atoms with van der Waals surface area (Å²) in [6.07, 6.45) is 3.22. The molecule has 0 atom stereocenters. The number of nitro groups is 1. The van der Waals surface area contributed by atoms with Gasteiger partial charge in [0.2, 0.25) is 5.82 Å². The minimum atomic E-state index is -0.454. The van der Waals surface area contributed by atoms with Crippen molar-refractivity contribution in [3.05, 3.63) is 74.1 Å². The van der Waals surface area contributed by atoms with Crippen LogP contribution < -0.4 is 0 Å². The van der Waals surface area contributed by atoms with Crippen LogP contribution in [0, 0.1) is 10.1 Å². The molecule has 0 saturated heterocycles. The van der Waals surface area contributed by atoms with Gasteiger partial charge in [0.1, 0.15) is 0 Å². The molecule has 0 N–H and O–H groups in total. The Morgan fingerprint density at radius 2 is 1.96 bits per heavy atom. The maximum absolute atomic E-state index is 10.8. The van der Waals surface area contributed by atoms with Crippen molar-refractivity contribution in [1.29, 1.82) is 0 Å². The van der Waals surface area contributed by atoms with E-state index in [0.717, 1.165) is 0 Å². The van der Waals surface area contributed by atoms with E-state index in [1.165, 1.54) is 12.1 Å². The number of hydrogen-bond acceptors (Lipinski definition) is 5. The highest BCUT2D eigenvalue weighted by Crippen LogP contribution is 2.28. The molecule has 0 unspecified atom stereocenters. The van der Waals surface area contributed by atoms with Crippen LogP contribution in [0.3, 0.4) is 0 Å². The second kappa shape index (κ2) is 6.82. The first kappa shape index (κ1) is 16.2. The van der Waals surface area contributed by atoms with E-state index in [1.807, 2.05) is 0 Å². The Balaban J connectivity index is 1.83. The Hall–Kier alpha value is -2.70. The summed E-state index contributed by atoms with van der Waals surface area (Å²) in [7, 11) is 0. The van der Waals surface area contributed by atoms with Gasteiger partial charge in [-0.05, 0) is 29.8 Å². The Kier molecular flexibility index (Phi) is 4.59. The zero-order valence-electron chi connectivity index (χ0n) is 12.0. The van der Waals surface area contributed by atoms with Crippen molar-refractivity contribution in [1.82, 2.24) is 10.1 Å². The molecule has 0 amide bonds. The molecule has 0 aliphatic carbocycles. The van der Waals surface area contributed by atoms with Gasteiger partial charge in [0, 0.05) is 28.8 Å². The fourth-order valence-electron chi connectivity index (χ4n) is 1.99. The fourth-order valence-corrected chi connectivity index (χ4v) is 2.49. The van der Waals surface area contributed by atoms with Gasteiger partial charge in [-0.2, -0.15) is 4.98 Å². The molecule has 1 aromatic heterocycles. The summed E-state index contributed by atoms with van der Waals surface area (Å²) in [5.74, 6) is 0.581. The second-order valence-electron chi connectivity index (χ2n) is 4.77.